The van der Waals surface area contributed by atoms with E-state index in [2.05, 4.69) is 78.1 Å². The van der Waals surface area contributed by atoms with Crippen molar-refractivity contribution in [3.63, 3.8) is 0 Å². The molecular formula is C28H33PS. The first-order valence-electron chi connectivity index (χ1n) is 11.9. The second kappa shape index (κ2) is 9.80. The first-order valence-corrected chi connectivity index (χ1v) is 14.1. The molecule has 0 unspecified atom stereocenters. The van der Waals surface area contributed by atoms with Gasteiger partial charge in [-0.25, -0.2) is 0 Å². The highest BCUT2D eigenvalue weighted by Crippen LogP contribution is 2.46. The van der Waals surface area contributed by atoms with Gasteiger partial charge in [-0.1, -0.05) is 99.2 Å². The molecule has 2 heteroatoms. The zero-order chi connectivity index (χ0) is 20.2. The largest absolute Gasteiger partial charge is 0.144 e. The monoisotopic (exact) mass is 432 g/mol. The number of benzene rings is 2. The smallest absolute Gasteiger partial charge is 0.0163 e. The van der Waals surface area contributed by atoms with E-state index in [0.717, 1.165) is 11.8 Å². The Morgan fingerprint density at radius 1 is 0.600 bits per heavy atom. The first kappa shape index (κ1) is 20.5. The summed E-state index contributed by atoms with van der Waals surface area (Å²) in [6, 6.07) is 25.3. The van der Waals surface area contributed by atoms with Gasteiger partial charge in [0.05, 0.1) is 0 Å². The summed E-state index contributed by atoms with van der Waals surface area (Å²) in [4.78, 5) is 3.44. The minimum Gasteiger partial charge on any atom is -0.144 e. The second-order valence-corrected chi connectivity index (χ2v) is 12.4. The SMILES string of the molecule is c1ccc(P(c2ccccc2)c2cc(C3CCCCC3)sc2C2CCCCC2)cc1. The van der Waals surface area contributed by atoms with E-state index >= 15 is 0 Å². The van der Waals surface area contributed by atoms with Crippen molar-refractivity contribution in [2.45, 2.75) is 76.0 Å². The fourth-order valence-electron chi connectivity index (χ4n) is 5.42. The van der Waals surface area contributed by atoms with Crippen molar-refractivity contribution >= 4 is 35.2 Å². The van der Waals surface area contributed by atoms with Crippen LogP contribution in [0.1, 0.15) is 85.8 Å². The molecule has 0 atom stereocenters. The normalized spacial score (nSPS) is 18.7. The summed E-state index contributed by atoms with van der Waals surface area (Å²) in [5.74, 6) is 1.59. The summed E-state index contributed by atoms with van der Waals surface area (Å²) in [5, 5.41) is 4.69. The van der Waals surface area contributed by atoms with Crippen LogP contribution in [0, 0.1) is 0 Å². The van der Waals surface area contributed by atoms with Crippen LogP contribution in [0.3, 0.4) is 0 Å². The Balaban J connectivity index is 1.62. The van der Waals surface area contributed by atoms with Gasteiger partial charge in [-0.2, -0.15) is 0 Å². The van der Waals surface area contributed by atoms with Crippen molar-refractivity contribution in [2.24, 2.45) is 0 Å². The highest BCUT2D eigenvalue weighted by molar-refractivity contribution is 7.80. The fraction of sp³-hybridized carbons (Fsp3) is 0.429. The van der Waals surface area contributed by atoms with Crippen LogP contribution in [0.4, 0.5) is 0 Å². The summed E-state index contributed by atoms with van der Waals surface area (Å²) in [7, 11) is -0.481. The lowest BCUT2D eigenvalue weighted by Gasteiger charge is -2.25. The molecule has 2 aliphatic rings. The zero-order valence-electron chi connectivity index (χ0n) is 17.9. The molecule has 2 aliphatic carbocycles. The molecular weight excluding hydrogens is 399 g/mol. The summed E-state index contributed by atoms with van der Waals surface area (Å²) in [6.07, 6.45) is 14.1. The Morgan fingerprint density at radius 3 is 1.63 bits per heavy atom. The van der Waals surface area contributed by atoms with Crippen LogP contribution < -0.4 is 15.9 Å². The highest BCUT2D eigenvalue weighted by Gasteiger charge is 2.29. The maximum Gasteiger partial charge on any atom is 0.0163 e. The lowest BCUT2D eigenvalue weighted by atomic mass is 9.87. The number of hydrogen-bond donors (Lipinski definition) is 0. The summed E-state index contributed by atoms with van der Waals surface area (Å²) < 4.78 is 0. The predicted molar refractivity (Wildman–Crippen MR) is 135 cm³/mol. The quantitative estimate of drug-likeness (QED) is 0.364. The summed E-state index contributed by atoms with van der Waals surface area (Å²) in [6.45, 7) is 0. The molecule has 2 aromatic carbocycles. The van der Waals surface area contributed by atoms with E-state index in [1.807, 2.05) is 0 Å². The van der Waals surface area contributed by atoms with Gasteiger partial charge < -0.3 is 0 Å². The Morgan fingerprint density at radius 2 is 1.10 bits per heavy atom. The van der Waals surface area contributed by atoms with Gasteiger partial charge in [-0.3, -0.25) is 0 Å². The molecule has 1 aromatic heterocycles. The molecule has 30 heavy (non-hydrogen) atoms. The molecule has 0 radical (unpaired) electrons. The minimum atomic E-state index is -0.481. The van der Waals surface area contributed by atoms with Crippen molar-refractivity contribution in [3.8, 4) is 0 Å². The van der Waals surface area contributed by atoms with E-state index in [0.29, 0.717) is 0 Å². The van der Waals surface area contributed by atoms with Crippen molar-refractivity contribution < 1.29 is 0 Å². The Labute approximate surface area is 187 Å². The molecule has 1 heterocycles. The molecule has 0 saturated heterocycles. The Hall–Kier alpha value is -1.43. The molecule has 2 fully saturated rings. The Kier molecular flexibility index (Phi) is 6.69. The van der Waals surface area contributed by atoms with Gasteiger partial charge >= 0.3 is 0 Å². The molecule has 0 spiro atoms. The Bertz CT molecular complexity index is 878. The van der Waals surface area contributed by atoms with Gasteiger partial charge in [0.25, 0.3) is 0 Å². The van der Waals surface area contributed by atoms with Crippen LogP contribution in [0.2, 0.25) is 0 Å². The van der Waals surface area contributed by atoms with E-state index in [1.54, 1.807) is 15.1 Å². The number of hydrogen-bond acceptors (Lipinski definition) is 1. The van der Waals surface area contributed by atoms with Crippen LogP contribution in [-0.4, -0.2) is 0 Å². The topological polar surface area (TPSA) is 0 Å². The van der Waals surface area contributed by atoms with E-state index in [1.165, 1.54) is 74.8 Å². The van der Waals surface area contributed by atoms with E-state index in [4.69, 9.17) is 0 Å². The third-order valence-electron chi connectivity index (χ3n) is 7.01. The third kappa shape index (κ3) is 4.44. The van der Waals surface area contributed by atoms with Crippen LogP contribution in [-0.2, 0) is 0 Å². The molecule has 2 saturated carbocycles. The summed E-state index contributed by atoms with van der Waals surface area (Å²) >= 11 is 2.21. The van der Waals surface area contributed by atoms with Crippen LogP contribution >= 0.6 is 19.3 Å². The van der Waals surface area contributed by atoms with Gasteiger partial charge in [-0.05, 0) is 67.4 Å². The summed E-state index contributed by atoms with van der Waals surface area (Å²) in [5.41, 5.74) is 0. The second-order valence-electron chi connectivity index (χ2n) is 9.07. The van der Waals surface area contributed by atoms with Crippen molar-refractivity contribution in [2.75, 3.05) is 0 Å². The van der Waals surface area contributed by atoms with Gasteiger partial charge in [0, 0.05) is 9.75 Å². The molecule has 5 rings (SSSR count). The maximum atomic E-state index is 2.68. The van der Waals surface area contributed by atoms with Crippen molar-refractivity contribution in [3.05, 3.63) is 76.5 Å². The molecule has 156 valence electrons. The standard InChI is InChI=1S/C28H33PS/c1-5-13-22(14-6-1)27-21-26(28(30-27)23-15-7-2-8-16-23)29(24-17-9-3-10-18-24)25-19-11-4-12-20-25/h3-4,9-12,17-23H,1-2,5-8,13-16H2. The van der Waals surface area contributed by atoms with Gasteiger partial charge in [0.1, 0.15) is 0 Å². The van der Waals surface area contributed by atoms with Gasteiger partial charge in [0.2, 0.25) is 0 Å². The van der Waals surface area contributed by atoms with Gasteiger partial charge in [-0.15, -0.1) is 11.3 Å². The zero-order valence-corrected chi connectivity index (χ0v) is 19.6. The number of thiophene rings is 1. The van der Waals surface area contributed by atoms with Crippen molar-refractivity contribution in [1.82, 2.24) is 0 Å². The molecule has 0 N–H and O–H groups in total. The highest BCUT2D eigenvalue weighted by atomic mass is 32.1. The molecule has 0 amide bonds. The average Bonchev–Trinajstić information content (AvgIpc) is 3.27. The lowest BCUT2D eigenvalue weighted by molar-refractivity contribution is 0.447. The number of rotatable bonds is 5. The predicted octanol–water partition coefficient (Wildman–Crippen LogP) is 7.60. The molecule has 0 bridgehead atoms. The van der Waals surface area contributed by atoms with Crippen LogP contribution in [0.5, 0.6) is 0 Å². The fourth-order valence-corrected chi connectivity index (χ4v) is 9.78. The minimum absolute atomic E-state index is 0.481. The molecule has 0 aliphatic heterocycles. The molecule has 3 aromatic rings. The van der Waals surface area contributed by atoms with Crippen molar-refractivity contribution in [1.29, 1.82) is 0 Å². The van der Waals surface area contributed by atoms with E-state index in [9.17, 15) is 0 Å². The molecule has 0 nitrogen and oxygen atoms in total. The van der Waals surface area contributed by atoms with Crippen LogP contribution in [0.15, 0.2) is 66.7 Å². The lowest BCUT2D eigenvalue weighted by Crippen LogP contribution is -2.23. The third-order valence-corrected chi connectivity index (χ3v) is 11.1. The first-order chi connectivity index (χ1) is 14.9. The maximum absolute atomic E-state index is 2.68. The van der Waals surface area contributed by atoms with Crippen LogP contribution in [0.25, 0.3) is 0 Å². The average molecular weight is 433 g/mol. The van der Waals surface area contributed by atoms with E-state index < -0.39 is 7.92 Å². The van der Waals surface area contributed by atoms with Gasteiger partial charge in [0.15, 0.2) is 0 Å². The van der Waals surface area contributed by atoms with E-state index in [-0.39, 0.29) is 0 Å².